The second-order valence-corrected chi connectivity index (χ2v) is 7.91. The summed E-state index contributed by atoms with van der Waals surface area (Å²) < 4.78 is 127. The number of pyridine rings is 1. The third-order valence-corrected chi connectivity index (χ3v) is 5.48. The van der Waals surface area contributed by atoms with E-state index in [1.54, 1.807) is 0 Å². The number of halogens is 9. The molecule has 2 aromatic heterocycles. The zero-order valence-corrected chi connectivity index (χ0v) is 18.5. The van der Waals surface area contributed by atoms with E-state index in [9.17, 15) is 49.6 Å². The number of nitrogens with zero attached hydrogens (tertiary/aromatic N) is 2. The number of aromatic nitrogens is 1. The Morgan fingerprint density at radius 1 is 0.789 bits per heavy atom. The van der Waals surface area contributed by atoms with Crippen molar-refractivity contribution in [2.24, 2.45) is 0 Å². The summed E-state index contributed by atoms with van der Waals surface area (Å²) in [5.74, 6) is -4.41. The molecule has 0 saturated heterocycles. The second-order valence-electron chi connectivity index (χ2n) is 7.91. The number of rotatable bonds is 4. The fourth-order valence-electron chi connectivity index (χ4n) is 3.69. The van der Waals surface area contributed by atoms with Crippen LogP contribution >= 0.6 is 0 Å². The summed E-state index contributed by atoms with van der Waals surface area (Å²) in [6, 6.07) is 7.87. The lowest BCUT2D eigenvalue weighted by molar-refractivity contribution is -0.140. The second kappa shape index (κ2) is 9.44. The molecule has 38 heavy (non-hydrogen) atoms. The van der Waals surface area contributed by atoms with Gasteiger partial charge in [-0.25, -0.2) is 13.2 Å². The van der Waals surface area contributed by atoms with E-state index in [2.05, 4.69) is 0 Å². The fraction of sp³-hybridized carbons (Fsp3) is 0.120. The number of nitriles is 1. The van der Waals surface area contributed by atoms with Gasteiger partial charge in [-0.2, -0.15) is 31.6 Å². The molecule has 196 valence electrons. The molecule has 0 unspecified atom stereocenters. The van der Waals surface area contributed by atoms with E-state index >= 15 is 0 Å². The minimum absolute atomic E-state index is 0.204. The van der Waals surface area contributed by atoms with E-state index in [0.29, 0.717) is 28.8 Å². The summed E-state index contributed by atoms with van der Waals surface area (Å²) in [5, 5.41) is 9.24. The molecule has 0 aliphatic rings. The molecular formula is C25H11F9N2O2. The highest BCUT2D eigenvalue weighted by Gasteiger charge is 2.37. The smallest absolute Gasteiger partial charge is 0.419 e. The van der Waals surface area contributed by atoms with Crippen LogP contribution in [0.1, 0.15) is 22.3 Å². The summed E-state index contributed by atoms with van der Waals surface area (Å²) in [4.78, 5) is 12.9. The lowest BCUT2D eigenvalue weighted by atomic mass is 10.1. The lowest BCUT2D eigenvalue weighted by Crippen LogP contribution is -2.29. The van der Waals surface area contributed by atoms with Gasteiger partial charge in [0.15, 0.2) is 5.76 Å². The minimum Gasteiger partial charge on any atom is -0.455 e. The summed E-state index contributed by atoms with van der Waals surface area (Å²) in [5.41, 5.74) is -7.01. The van der Waals surface area contributed by atoms with Crippen molar-refractivity contribution in [3.8, 4) is 28.8 Å². The fourth-order valence-corrected chi connectivity index (χ4v) is 3.69. The van der Waals surface area contributed by atoms with Crippen molar-refractivity contribution in [1.29, 1.82) is 5.26 Å². The Balaban J connectivity index is 1.90. The van der Waals surface area contributed by atoms with Gasteiger partial charge in [0.25, 0.3) is 5.56 Å². The first-order valence-corrected chi connectivity index (χ1v) is 10.4. The van der Waals surface area contributed by atoms with Crippen molar-refractivity contribution in [3.63, 3.8) is 0 Å². The van der Waals surface area contributed by atoms with Crippen LogP contribution in [0.3, 0.4) is 0 Å². The van der Waals surface area contributed by atoms with Crippen LogP contribution in [0, 0.1) is 28.8 Å². The van der Waals surface area contributed by atoms with Gasteiger partial charge in [-0.15, -0.1) is 0 Å². The zero-order chi connectivity index (χ0) is 28.0. The average Bonchev–Trinajstić information content (AvgIpc) is 3.30. The summed E-state index contributed by atoms with van der Waals surface area (Å²) in [7, 11) is 0. The highest BCUT2D eigenvalue weighted by Crippen LogP contribution is 2.37. The van der Waals surface area contributed by atoms with Crippen LogP contribution in [0.5, 0.6) is 0 Å². The van der Waals surface area contributed by atoms with Gasteiger partial charge in [0.05, 0.1) is 23.4 Å². The highest BCUT2D eigenvalue weighted by atomic mass is 19.4. The first kappa shape index (κ1) is 26.6. The molecule has 4 aromatic rings. The predicted molar refractivity (Wildman–Crippen MR) is 114 cm³/mol. The summed E-state index contributed by atoms with van der Waals surface area (Å²) >= 11 is 0. The van der Waals surface area contributed by atoms with Crippen LogP contribution in [0.2, 0.25) is 0 Å². The maximum Gasteiger partial charge on any atom is 0.419 e. The third-order valence-electron chi connectivity index (χ3n) is 5.48. The molecule has 13 heteroatoms. The van der Waals surface area contributed by atoms with Gasteiger partial charge in [0.2, 0.25) is 0 Å². The van der Waals surface area contributed by atoms with Crippen molar-refractivity contribution >= 4 is 0 Å². The van der Waals surface area contributed by atoms with Gasteiger partial charge < -0.3 is 4.42 Å². The Bertz CT molecular complexity index is 1640. The van der Waals surface area contributed by atoms with E-state index in [4.69, 9.17) is 4.42 Å². The zero-order valence-electron chi connectivity index (χ0n) is 18.5. The maximum absolute atomic E-state index is 14.3. The molecule has 0 fully saturated rings. The number of hydrogen-bond acceptors (Lipinski definition) is 3. The Hall–Kier alpha value is -4.47. The highest BCUT2D eigenvalue weighted by molar-refractivity contribution is 5.65. The van der Waals surface area contributed by atoms with Crippen molar-refractivity contribution in [1.82, 2.24) is 4.57 Å². The largest absolute Gasteiger partial charge is 0.455 e. The Morgan fingerprint density at radius 2 is 1.45 bits per heavy atom. The quantitative estimate of drug-likeness (QED) is 0.258. The normalized spacial score (nSPS) is 12.0. The molecule has 0 atom stereocenters. The first-order valence-electron chi connectivity index (χ1n) is 10.4. The number of benzene rings is 2. The summed E-state index contributed by atoms with van der Waals surface area (Å²) in [6.07, 6.45) is -10.1. The third kappa shape index (κ3) is 5.02. The van der Waals surface area contributed by atoms with Gasteiger partial charge in [0.1, 0.15) is 34.8 Å². The minimum atomic E-state index is -5.16. The maximum atomic E-state index is 14.3. The molecule has 2 aromatic carbocycles. The van der Waals surface area contributed by atoms with Crippen LogP contribution in [0.4, 0.5) is 39.5 Å². The van der Waals surface area contributed by atoms with Crippen LogP contribution in [-0.4, -0.2) is 4.57 Å². The number of alkyl halides is 6. The molecule has 0 amide bonds. The topological polar surface area (TPSA) is 58.9 Å². The predicted octanol–water partition coefficient (Wildman–Crippen LogP) is 7.15. The van der Waals surface area contributed by atoms with Crippen molar-refractivity contribution in [3.05, 3.63) is 105 Å². The molecule has 0 aliphatic carbocycles. The van der Waals surface area contributed by atoms with Crippen LogP contribution < -0.4 is 5.56 Å². The van der Waals surface area contributed by atoms with Crippen molar-refractivity contribution in [2.45, 2.75) is 18.9 Å². The average molecular weight is 542 g/mol. The van der Waals surface area contributed by atoms with Crippen molar-refractivity contribution in [2.75, 3.05) is 0 Å². The Labute approximate surface area is 206 Å². The SMILES string of the molecule is N#Cc1c(C(F)(F)F)cc(-c2ccc(-c3ccc(C(F)(F)F)c(F)c3)o2)n(Cc2ccc(F)cc2F)c1=O. The Kier molecular flexibility index (Phi) is 6.61. The van der Waals surface area contributed by atoms with E-state index in [1.807, 2.05) is 0 Å². The molecule has 0 radical (unpaired) electrons. The number of furan rings is 1. The standard InChI is InChI=1S/C25H11F9N2O2/c26-14-3-1-13(18(27)8-14)11-36-20(9-17(25(32,33)34)15(10-35)23(36)37)22-6-5-21(38-22)12-2-4-16(19(28)7-12)24(29,30)31/h1-9H,11H2. The van der Waals surface area contributed by atoms with Gasteiger partial charge in [-0.1, -0.05) is 12.1 Å². The Morgan fingerprint density at radius 3 is 2.03 bits per heavy atom. The van der Waals surface area contributed by atoms with E-state index in [0.717, 1.165) is 30.3 Å². The molecular weight excluding hydrogens is 531 g/mol. The first-order chi connectivity index (χ1) is 17.7. The summed E-state index contributed by atoms with van der Waals surface area (Å²) in [6.45, 7) is -0.738. The van der Waals surface area contributed by atoms with Gasteiger partial charge in [-0.3, -0.25) is 9.36 Å². The molecule has 4 rings (SSSR count). The van der Waals surface area contributed by atoms with Gasteiger partial charge >= 0.3 is 12.4 Å². The van der Waals surface area contributed by atoms with Gasteiger partial charge in [0, 0.05) is 17.2 Å². The van der Waals surface area contributed by atoms with E-state index in [-0.39, 0.29) is 16.9 Å². The molecule has 0 saturated carbocycles. The number of hydrogen-bond donors (Lipinski definition) is 0. The monoisotopic (exact) mass is 542 g/mol. The molecule has 0 spiro atoms. The van der Waals surface area contributed by atoms with Crippen LogP contribution in [-0.2, 0) is 18.9 Å². The van der Waals surface area contributed by atoms with Crippen LogP contribution in [0.25, 0.3) is 22.8 Å². The lowest BCUT2D eigenvalue weighted by Gasteiger charge is -2.16. The van der Waals surface area contributed by atoms with E-state index < -0.39 is 70.1 Å². The molecule has 0 bridgehead atoms. The molecule has 2 heterocycles. The van der Waals surface area contributed by atoms with E-state index in [1.165, 1.54) is 6.07 Å². The van der Waals surface area contributed by atoms with Crippen LogP contribution in [0.15, 0.2) is 63.8 Å². The van der Waals surface area contributed by atoms with Crippen molar-refractivity contribution < 1.29 is 43.9 Å². The van der Waals surface area contributed by atoms with Gasteiger partial charge in [-0.05, 0) is 36.4 Å². The molecule has 0 aliphatic heterocycles. The molecule has 0 N–H and O–H groups in total. The molecule has 4 nitrogen and oxygen atoms in total.